The molecule has 1 amide bonds. The molecule has 2 aromatic carbocycles. The van der Waals surface area contributed by atoms with Crippen LogP contribution in [0.2, 0.25) is 5.02 Å². The van der Waals surface area contributed by atoms with Gasteiger partial charge in [-0.1, -0.05) is 41.4 Å². The molecule has 0 spiro atoms. The second-order valence-corrected chi connectivity index (χ2v) is 10.1. The molecule has 3 aromatic rings. The molecule has 1 aromatic heterocycles. The van der Waals surface area contributed by atoms with E-state index in [-0.39, 0.29) is 25.7 Å². The van der Waals surface area contributed by atoms with E-state index in [0.29, 0.717) is 50.1 Å². The molecule has 4 rings (SSSR count). The first-order valence-electron chi connectivity index (χ1n) is 12.6. The molecule has 1 saturated heterocycles. The van der Waals surface area contributed by atoms with Crippen molar-refractivity contribution >= 4 is 17.5 Å². The normalized spacial score (nSPS) is 18.3. The van der Waals surface area contributed by atoms with Gasteiger partial charge in [0, 0.05) is 39.5 Å². The van der Waals surface area contributed by atoms with Gasteiger partial charge >= 0.3 is 0 Å². The van der Waals surface area contributed by atoms with Crippen molar-refractivity contribution in [3.8, 4) is 11.5 Å². The molecule has 9 nitrogen and oxygen atoms in total. The van der Waals surface area contributed by atoms with Crippen molar-refractivity contribution in [2.45, 2.75) is 25.6 Å². The first-order chi connectivity index (χ1) is 18.3. The topological polar surface area (TPSA) is 89.3 Å². The Morgan fingerprint density at radius 1 is 1.05 bits per heavy atom. The molecule has 38 heavy (non-hydrogen) atoms. The minimum atomic E-state index is -1.25. The zero-order valence-electron chi connectivity index (χ0n) is 21.9. The van der Waals surface area contributed by atoms with Gasteiger partial charge in [-0.05, 0) is 36.8 Å². The molecule has 1 atom stereocenters. The van der Waals surface area contributed by atoms with E-state index in [9.17, 15) is 9.90 Å². The number of benzene rings is 2. The quantitative estimate of drug-likeness (QED) is 0.398. The average Bonchev–Trinajstić information content (AvgIpc) is 3.23. The van der Waals surface area contributed by atoms with E-state index in [1.165, 1.54) is 7.11 Å². The maximum absolute atomic E-state index is 12.6. The molecule has 0 aliphatic carbocycles. The van der Waals surface area contributed by atoms with Crippen molar-refractivity contribution in [3.63, 3.8) is 0 Å². The lowest BCUT2D eigenvalue weighted by molar-refractivity contribution is -0.138. The maximum atomic E-state index is 12.6. The van der Waals surface area contributed by atoms with Gasteiger partial charge in [0.25, 0.3) is 0 Å². The van der Waals surface area contributed by atoms with E-state index in [2.05, 4.69) is 10.00 Å². The molecule has 0 unspecified atom stereocenters. The molecule has 0 bridgehead atoms. The Kier molecular flexibility index (Phi) is 9.63. The Labute approximate surface area is 228 Å². The summed E-state index contributed by atoms with van der Waals surface area (Å²) >= 11 is 5.89. The lowest BCUT2D eigenvalue weighted by Crippen LogP contribution is -2.52. The summed E-state index contributed by atoms with van der Waals surface area (Å²) < 4.78 is 18.6. The second-order valence-electron chi connectivity index (χ2n) is 9.70. The molecule has 1 aliphatic heterocycles. The van der Waals surface area contributed by atoms with Gasteiger partial charge < -0.3 is 24.2 Å². The largest absolute Gasteiger partial charge is 0.492 e. The van der Waals surface area contributed by atoms with Crippen LogP contribution >= 0.6 is 11.6 Å². The number of ether oxygens (including phenoxy) is 3. The van der Waals surface area contributed by atoms with Gasteiger partial charge in [0.2, 0.25) is 5.91 Å². The van der Waals surface area contributed by atoms with Crippen LogP contribution in [-0.4, -0.2) is 89.3 Å². The van der Waals surface area contributed by atoms with Crippen molar-refractivity contribution in [1.82, 2.24) is 19.6 Å². The summed E-state index contributed by atoms with van der Waals surface area (Å²) in [4.78, 5) is 16.4. The summed E-state index contributed by atoms with van der Waals surface area (Å²) in [6, 6.07) is 15.6. The first kappa shape index (κ1) is 27.9. The van der Waals surface area contributed by atoms with Crippen molar-refractivity contribution in [2.75, 3.05) is 53.1 Å². The van der Waals surface area contributed by atoms with Gasteiger partial charge in [0.15, 0.2) is 0 Å². The van der Waals surface area contributed by atoms with Crippen LogP contribution in [0.25, 0.3) is 0 Å². The molecular formula is C28H35ClN4O5. The Morgan fingerprint density at radius 3 is 2.45 bits per heavy atom. The summed E-state index contributed by atoms with van der Waals surface area (Å²) in [5.41, 5.74) is 0.963. The SMILES string of the molecule is COCC(=O)N1CCN(Cc2ccc(OCCn3cc(Cl)cn3)cc2)C[C@](O)(COc2ccc(C)cc2)C1. The van der Waals surface area contributed by atoms with Crippen LogP contribution in [0.3, 0.4) is 0 Å². The summed E-state index contributed by atoms with van der Waals surface area (Å²) in [5, 5.41) is 16.3. The fourth-order valence-corrected chi connectivity index (χ4v) is 4.57. The Bertz CT molecular complexity index is 1170. The number of carbonyl (C=O) groups excluding carboxylic acids is 1. The molecule has 1 fully saturated rings. The van der Waals surface area contributed by atoms with Crippen LogP contribution < -0.4 is 9.47 Å². The van der Waals surface area contributed by atoms with Crippen molar-refractivity contribution in [3.05, 3.63) is 77.1 Å². The molecule has 10 heteroatoms. The number of nitrogens with zero attached hydrogens (tertiary/aromatic N) is 4. The minimum Gasteiger partial charge on any atom is -0.492 e. The van der Waals surface area contributed by atoms with Crippen LogP contribution in [-0.2, 0) is 22.6 Å². The summed E-state index contributed by atoms with van der Waals surface area (Å²) in [6.45, 7) is 5.39. The van der Waals surface area contributed by atoms with Crippen LogP contribution in [0.5, 0.6) is 11.5 Å². The third-order valence-corrected chi connectivity index (χ3v) is 6.55. The van der Waals surface area contributed by atoms with Crippen LogP contribution in [0.15, 0.2) is 60.9 Å². The highest BCUT2D eigenvalue weighted by Crippen LogP contribution is 2.21. The lowest BCUT2D eigenvalue weighted by Gasteiger charge is -2.33. The number of aliphatic hydroxyl groups is 1. The number of halogens is 1. The van der Waals surface area contributed by atoms with Gasteiger partial charge in [0.1, 0.15) is 36.9 Å². The third-order valence-electron chi connectivity index (χ3n) is 6.36. The zero-order valence-corrected chi connectivity index (χ0v) is 22.6. The van der Waals surface area contributed by atoms with Gasteiger partial charge in [-0.3, -0.25) is 14.4 Å². The van der Waals surface area contributed by atoms with E-state index >= 15 is 0 Å². The van der Waals surface area contributed by atoms with E-state index in [0.717, 1.165) is 16.9 Å². The smallest absolute Gasteiger partial charge is 0.248 e. The van der Waals surface area contributed by atoms with E-state index in [4.69, 9.17) is 25.8 Å². The molecule has 1 N–H and O–H groups in total. The van der Waals surface area contributed by atoms with E-state index in [1.807, 2.05) is 55.5 Å². The van der Waals surface area contributed by atoms with Gasteiger partial charge in [0.05, 0.1) is 24.3 Å². The number of β-amino-alcohol motifs (C(OH)–C–C–N with tert-alkyl or cyclic N) is 1. The number of methoxy groups -OCH3 is 1. The first-order valence-corrected chi connectivity index (χ1v) is 13.0. The highest BCUT2D eigenvalue weighted by atomic mass is 35.5. The van der Waals surface area contributed by atoms with Crippen LogP contribution in [0.1, 0.15) is 11.1 Å². The average molecular weight is 543 g/mol. The molecule has 0 saturated carbocycles. The molecule has 204 valence electrons. The number of hydrogen-bond acceptors (Lipinski definition) is 7. The van der Waals surface area contributed by atoms with Crippen molar-refractivity contribution in [2.24, 2.45) is 0 Å². The fraction of sp³-hybridized carbons (Fsp3) is 0.429. The number of aryl methyl sites for hydroxylation is 1. The Morgan fingerprint density at radius 2 is 1.76 bits per heavy atom. The summed E-state index contributed by atoms with van der Waals surface area (Å²) in [7, 11) is 1.50. The monoisotopic (exact) mass is 542 g/mol. The van der Waals surface area contributed by atoms with Gasteiger partial charge in [-0.15, -0.1) is 0 Å². The number of amides is 1. The second kappa shape index (κ2) is 13.1. The number of hydrogen-bond donors (Lipinski definition) is 1. The van der Waals surface area contributed by atoms with E-state index < -0.39 is 5.60 Å². The predicted octanol–water partition coefficient (Wildman–Crippen LogP) is 3.02. The zero-order chi connectivity index (χ0) is 27.0. The fourth-order valence-electron chi connectivity index (χ4n) is 4.41. The summed E-state index contributed by atoms with van der Waals surface area (Å²) in [6.07, 6.45) is 3.35. The number of carbonyl (C=O) groups is 1. The van der Waals surface area contributed by atoms with Crippen LogP contribution in [0, 0.1) is 6.92 Å². The molecule has 2 heterocycles. The highest BCUT2D eigenvalue weighted by Gasteiger charge is 2.37. The Hall–Kier alpha value is -3.11. The Balaban J connectivity index is 1.37. The summed E-state index contributed by atoms with van der Waals surface area (Å²) in [5.74, 6) is 1.30. The maximum Gasteiger partial charge on any atom is 0.248 e. The molecule has 0 radical (unpaired) electrons. The van der Waals surface area contributed by atoms with E-state index in [1.54, 1.807) is 22.0 Å². The van der Waals surface area contributed by atoms with Crippen LogP contribution in [0.4, 0.5) is 0 Å². The standard InChI is InChI=1S/C28H35ClN4O5/c1-22-3-7-26(8-4-22)38-21-28(35)19-31(11-12-32(20-28)27(34)18-36-2)16-23-5-9-25(10-6-23)37-14-13-33-17-24(29)15-30-33/h3-10,15,17,35H,11-14,16,18-21H2,1-2H3/t28-/m1/s1. The van der Waals surface area contributed by atoms with Crippen molar-refractivity contribution < 1.29 is 24.1 Å². The molecule has 1 aliphatic rings. The minimum absolute atomic E-state index is 0.0240. The lowest BCUT2D eigenvalue weighted by atomic mass is 10.0. The molecular weight excluding hydrogens is 508 g/mol. The third kappa shape index (κ3) is 8.19. The highest BCUT2D eigenvalue weighted by molar-refractivity contribution is 6.30. The number of rotatable bonds is 11. The van der Waals surface area contributed by atoms with Gasteiger partial charge in [-0.2, -0.15) is 5.10 Å². The van der Waals surface area contributed by atoms with Gasteiger partial charge in [-0.25, -0.2) is 0 Å². The number of aromatic nitrogens is 2. The predicted molar refractivity (Wildman–Crippen MR) is 145 cm³/mol. The van der Waals surface area contributed by atoms with Crippen molar-refractivity contribution in [1.29, 1.82) is 0 Å².